The van der Waals surface area contributed by atoms with Crippen molar-refractivity contribution >= 4 is 15.9 Å². The Balaban J connectivity index is 2.17. The minimum atomic E-state index is 0.154. The largest absolute Gasteiger partial charge is 0.395 e. The molecule has 2 aromatic rings. The summed E-state index contributed by atoms with van der Waals surface area (Å²) in [7, 11) is 1.96. The molecule has 2 rings (SSSR count). The molecule has 1 aromatic heterocycles. The Morgan fingerprint density at radius 3 is 2.63 bits per heavy atom. The molecule has 100 valence electrons. The van der Waals surface area contributed by atoms with Gasteiger partial charge in [0.05, 0.1) is 12.3 Å². The molecule has 0 atom stereocenters. The summed E-state index contributed by atoms with van der Waals surface area (Å²) in [5.41, 5.74) is 1.94. The molecule has 0 fully saturated rings. The summed E-state index contributed by atoms with van der Waals surface area (Å²) in [5, 5.41) is 8.89. The van der Waals surface area contributed by atoms with Gasteiger partial charge in [-0.1, -0.05) is 28.1 Å². The topological polar surface area (TPSA) is 49.2 Å². The fourth-order valence-corrected chi connectivity index (χ4v) is 2.01. The third-order valence-electron chi connectivity index (χ3n) is 2.73. The summed E-state index contributed by atoms with van der Waals surface area (Å²) in [6.07, 6.45) is 1.77. The molecule has 0 aliphatic carbocycles. The molecule has 1 aromatic carbocycles. The van der Waals surface area contributed by atoms with E-state index in [1.54, 1.807) is 6.20 Å². The molecule has 1 heterocycles. The first-order valence-corrected chi connectivity index (χ1v) is 6.85. The molecule has 0 aliphatic heterocycles. The second-order valence-corrected chi connectivity index (χ2v) is 5.26. The Morgan fingerprint density at radius 1 is 1.21 bits per heavy atom. The van der Waals surface area contributed by atoms with Crippen molar-refractivity contribution in [3.8, 4) is 11.4 Å². The lowest BCUT2D eigenvalue weighted by atomic mass is 10.2. The van der Waals surface area contributed by atoms with Crippen LogP contribution in [-0.2, 0) is 6.54 Å². The maximum atomic E-state index is 8.89. The number of aromatic nitrogens is 2. The summed E-state index contributed by atoms with van der Waals surface area (Å²) in [6, 6.07) is 9.82. The van der Waals surface area contributed by atoms with Gasteiger partial charge in [-0.3, -0.25) is 4.90 Å². The van der Waals surface area contributed by atoms with Crippen molar-refractivity contribution in [2.45, 2.75) is 6.54 Å². The predicted molar refractivity (Wildman–Crippen MR) is 78.6 cm³/mol. The molecular weight excluding hydrogens is 306 g/mol. The van der Waals surface area contributed by atoms with Gasteiger partial charge in [-0.15, -0.1) is 0 Å². The van der Waals surface area contributed by atoms with Gasteiger partial charge in [0.1, 0.15) is 0 Å². The third kappa shape index (κ3) is 4.09. The number of nitrogens with zero attached hydrogens (tertiary/aromatic N) is 3. The van der Waals surface area contributed by atoms with Crippen LogP contribution in [0.25, 0.3) is 11.4 Å². The number of rotatable bonds is 5. The Hall–Kier alpha value is -1.30. The summed E-state index contributed by atoms with van der Waals surface area (Å²) >= 11 is 3.41. The fraction of sp³-hybridized carbons (Fsp3) is 0.286. The highest BCUT2D eigenvalue weighted by atomic mass is 79.9. The van der Waals surface area contributed by atoms with Crippen molar-refractivity contribution in [1.29, 1.82) is 0 Å². The lowest BCUT2D eigenvalue weighted by molar-refractivity contribution is 0.216. The summed E-state index contributed by atoms with van der Waals surface area (Å²) in [5.74, 6) is 0.724. The molecule has 0 radical (unpaired) electrons. The molecule has 1 N–H and O–H groups in total. The zero-order chi connectivity index (χ0) is 13.7. The Labute approximate surface area is 121 Å². The van der Waals surface area contributed by atoms with E-state index in [1.165, 1.54) is 0 Å². The zero-order valence-electron chi connectivity index (χ0n) is 10.8. The van der Waals surface area contributed by atoms with Crippen LogP contribution in [0.15, 0.2) is 41.0 Å². The highest BCUT2D eigenvalue weighted by molar-refractivity contribution is 9.10. The van der Waals surface area contributed by atoms with Crippen LogP contribution in [0.2, 0.25) is 0 Å². The van der Waals surface area contributed by atoms with Crippen molar-refractivity contribution < 1.29 is 5.11 Å². The first kappa shape index (κ1) is 14.1. The summed E-state index contributed by atoms with van der Waals surface area (Å²) in [6.45, 7) is 1.49. The molecule has 5 heteroatoms. The average molecular weight is 322 g/mol. The number of aliphatic hydroxyl groups excluding tert-OH is 1. The average Bonchev–Trinajstić information content (AvgIpc) is 2.40. The number of aliphatic hydroxyl groups is 1. The lowest BCUT2D eigenvalue weighted by Crippen LogP contribution is -2.22. The molecular formula is C14H16BrN3O. The highest BCUT2D eigenvalue weighted by Gasteiger charge is 2.05. The second-order valence-electron chi connectivity index (χ2n) is 4.34. The van der Waals surface area contributed by atoms with Crippen LogP contribution in [0.5, 0.6) is 0 Å². The normalized spacial score (nSPS) is 10.9. The standard InChI is InChI=1S/C14H16BrN3O/c1-18(8-9-19)10-13-6-7-16-14(17-13)11-2-4-12(15)5-3-11/h2-7,19H,8-10H2,1H3. The van der Waals surface area contributed by atoms with Gasteiger partial charge in [-0.25, -0.2) is 9.97 Å². The smallest absolute Gasteiger partial charge is 0.159 e. The van der Waals surface area contributed by atoms with Crippen LogP contribution < -0.4 is 0 Å². The molecule has 4 nitrogen and oxygen atoms in total. The third-order valence-corrected chi connectivity index (χ3v) is 3.26. The second kappa shape index (κ2) is 6.75. The number of halogens is 1. The van der Waals surface area contributed by atoms with Crippen LogP contribution in [0.1, 0.15) is 5.69 Å². The van der Waals surface area contributed by atoms with E-state index in [1.807, 2.05) is 42.3 Å². The monoisotopic (exact) mass is 321 g/mol. The van der Waals surface area contributed by atoms with Crippen molar-refractivity contribution in [2.24, 2.45) is 0 Å². The van der Waals surface area contributed by atoms with Crippen LogP contribution in [0.3, 0.4) is 0 Å². The van der Waals surface area contributed by atoms with Gasteiger partial charge in [-0.05, 0) is 25.2 Å². The number of benzene rings is 1. The number of hydrogen-bond donors (Lipinski definition) is 1. The van der Waals surface area contributed by atoms with E-state index in [-0.39, 0.29) is 6.61 Å². The molecule has 0 aliphatic rings. The van der Waals surface area contributed by atoms with Gasteiger partial charge in [0.2, 0.25) is 0 Å². The van der Waals surface area contributed by atoms with Gasteiger partial charge in [-0.2, -0.15) is 0 Å². The fourth-order valence-electron chi connectivity index (χ4n) is 1.75. The molecule has 0 amide bonds. The van der Waals surface area contributed by atoms with Gasteiger partial charge < -0.3 is 5.11 Å². The van der Waals surface area contributed by atoms with E-state index < -0.39 is 0 Å². The Morgan fingerprint density at radius 2 is 1.95 bits per heavy atom. The zero-order valence-corrected chi connectivity index (χ0v) is 12.3. The van der Waals surface area contributed by atoms with Gasteiger partial charge in [0.15, 0.2) is 5.82 Å². The van der Waals surface area contributed by atoms with Crippen LogP contribution in [0, 0.1) is 0 Å². The molecule has 0 saturated heterocycles. The first-order chi connectivity index (χ1) is 9.19. The molecule has 0 spiro atoms. The Kier molecular flexibility index (Phi) is 5.01. The number of likely N-dealkylation sites (N-methyl/N-ethyl adjacent to an activating group) is 1. The van der Waals surface area contributed by atoms with E-state index in [9.17, 15) is 0 Å². The highest BCUT2D eigenvalue weighted by Crippen LogP contribution is 2.18. The number of hydrogen-bond acceptors (Lipinski definition) is 4. The van der Waals surface area contributed by atoms with Crippen molar-refractivity contribution in [3.05, 3.63) is 46.7 Å². The summed E-state index contributed by atoms with van der Waals surface area (Å²) < 4.78 is 1.04. The van der Waals surface area contributed by atoms with E-state index in [4.69, 9.17) is 5.11 Å². The van der Waals surface area contributed by atoms with Gasteiger partial charge in [0.25, 0.3) is 0 Å². The van der Waals surface area contributed by atoms with E-state index >= 15 is 0 Å². The molecule has 19 heavy (non-hydrogen) atoms. The SMILES string of the molecule is CN(CCO)Cc1ccnc(-c2ccc(Br)cc2)n1. The van der Waals surface area contributed by atoms with Crippen molar-refractivity contribution in [1.82, 2.24) is 14.9 Å². The maximum Gasteiger partial charge on any atom is 0.159 e. The molecule has 0 unspecified atom stereocenters. The van der Waals surface area contributed by atoms with Gasteiger partial charge in [0, 0.05) is 29.3 Å². The molecule has 0 bridgehead atoms. The maximum absolute atomic E-state index is 8.89. The molecule has 0 saturated carbocycles. The van der Waals surface area contributed by atoms with Crippen LogP contribution in [-0.4, -0.2) is 40.2 Å². The first-order valence-electron chi connectivity index (χ1n) is 6.06. The minimum absolute atomic E-state index is 0.154. The van der Waals surface area contributed by atoms with E-state index in [0.29, 0.717) is 13.1 Å². The minimum Gasteiger partial charge on any atom is -0.395 e. The Bertz CT molecular complexity index is 530. The summed E-state index contributed by atoms with van der Waals surface area (Å²) in [4.78, 5) is 10.9. The predicted octanol–water partition coefficient (Wildman–Crippen LogP) is 2.33. The van der Waals surface area contributed by atoms with Crippen LogP contribution >= 0.6 is 15.9 Å². The van der Waals surface area contributed by atoms with Gasteiger partial charge >= 0.3 is 0 Å². The van der Waals surface area contributed by atoms with Crippen LogP contribution in [0.4, 0.5) is 0 Å². The quantitative estimate of drug-likeness (QED) is 0.918. The van der Waals surface area contributed by atoms with E-state index in [0.717, 1.165) is 21.6 Å². The lowest BCUT2D eigenvalue weighted by Gasteiger charge is -2.14. The van der Waals surface area contributed by atoms with Crippen molar-refractivity contribution in [3.63, 3.8) is 0 Å². The van der Waals surface area contributed by atoms with Crippen molar-refractivity contribution in [2.75, 3.05) is 20.2 Å². The van der Waals surface area contributed by atoms with E-state index in [2.05, 4.69) is 25.9 Å².